The van der Waals surface area contributed by atoms with Crippen molar-refractivity contribution in [3.05, 3.63) is 78.2 Å². The van der Waals surface area contributed by atoms with Crippen LogP contribution in [0.4, 0.5) is 5.69 Å². The molecule has 2 aromatic carbocycles. The molecule has 0 atom stereocenters. The summed E-state index contributed by atoms with van der Waals surface area (Å²) in [6.45, 7) is 13.1. The van der Waals surface area contributed by atoms with Crippen molar-refractivity contribution < 1.29 is 23.4 Å². The average molecular weight is 520 g/mol. The number of anilines is 1. The highest BCUT2D eigenvalue weighted by molar-refractivity contribution is 5.71. The molecule has 8 nitrogen and oxygen atoms in total. The maximum atomic E-state index is 11.9. The maximum Gasteiger partial charge on any atom is 0.320 e. The molecule has 8 heteroatoms. The van der Waals surface area contributed by atoms with E-state index in [1.54, 1.807) is 6.08 Å². The molecule has 38 heavy (non-hydrogen) atoms. The average Bonchev–Trinajstić information content (AvgIpc) is 3.30. The Balaban J connectivity index is 1.31. The molecule has 0 bridgehead atoms. The number of carbonyl (C=O) groups excluding carboxylic acids is 1. The van der Waals surface area contributed by atoms with Gasteiger partial charge in [0.1, 0.15) is 11.5 Å². The zero-order valence-electron chi connectivity index (χ0n) is 22.4. The third kappa shape index (κ3) is 7.69. The molecule has 202 valence electrons. The molecule has 0 amide bonds. The summed E-state index contributed by atoms with van der Waals surface area (Å²) in [4.78, 5) is 21.0. The van der Waals surface area contributed by atoms with Gasteiger partial charge in [-0.2, -0.15) is 0 Å². The van der Waals surface area contributed by atoms with Crippen molar-refractivity contribution in [3.8, 4) is 17.2 Å². The van der Waals surface area contributed by atoms with E-state index in [4.69, 9.17) is 23.6 Å². The number of ether oxygens (including phenoxy) is 3. The molecular weight excluding hydrogens is 482 g/mol. The molecule has 0 saturated carbocycles. The first-order valence-electron chi connectivity index (χ1n) is 13.2. The summed E-state index contributed by atoms with van der Waals surface area (Å²) in [6.07, 6.45) is 2.42. The van der Waals surface area contributed by atoms with E-state index in [2.05, 4.69) is 35.7 Å². The van der Waals surface area contributed by atoms with E-state index in [0.717, 1.165) is 54.6 Å². The Bertz CT molecular complexity index is 1180. The number of esters is 1. The Kier molecular flexibility index (Phi) is 9.95. The van der Waals surface area contributed by atoms with Crippen LogP contribution >= 0.6 is 0 Å². The monoisotopic (exact) mass is 519 g/mol. The van der Waals surface area contributed by atoms with E-state index < -0.39 is 0 Å². The lowest BCUT2D eigenvalue weighted by Crippen LogP contribution is -2.36. The normalized spacial score (nSPS) is 13.5. The first-order valence-corrected chi connectivity index (χ1v) is 13.2. The Hall–Kier alpha value is -3.62. The lowest BCUT2D eigenvalue weighted by atomic mass is 10.2. The molecule has 0 unspecified atom stereocenters. The predicted octanol–water partition coefficient (Wildman–Crippen LogP) is 4.66. The smallest absolute Gasteiger partial charge is 0.320 e. The summed E-state index contributed by atoms with van der Waals surface area (Å²) in [6, 6.07) is 16.2. The molecule has 4 rings (SSSR count). The van der Waals surface area contributed by atoms with Gasteiger partial charge >= 0.3 is 5.97 Å². The SMILES string of the molecule is C=CCN(CC(=O)OCC)Cc1cccc(OCCc2nc(-c3ccc(N4CCOCC4)cc3)oc2C)c1. The first kappa shape index (κ1) is 27.4. The molecular formula is C30H37N3O5. The Morgan fingerprint density at radius 2 is 1.97 bits per heavy atom. The van der Waals surface area contributed by atoms with Crippen molar-refractivity contribution >= 4 is 11.7 Å². The summed E-state index contributed by atoms with van der Waals surface area (Å²) >= 11 is 0. The van der Waals surface area contributed by atoms with Crippen LogP contribution in [0, 0.1) is 6.92 Å². The van der Waals surface area contributed by atoms with E-state index in [0.29, 0.717) is 38.6 Å². The number of morpholine rings is 1. The fourth-order valence-electron chi connectivity index (χ4n) is 4.43. The molecule has 0 aliphatic carbocycles. The molecule has 3 aromatic rings. The van der Waals surface area contributed by atoms with Gasteiger partial charge in [-0.05, 0) is 55.8 Å². The number of hydrogen-bond donors (Lipinski definition) is 0. The van der Waals surface area contributed by atoms with Gasteiger partial charge in [-0.1, -0.05) is 18.2 Å². The number of nitrogens with zero attached hydrogens (tertiary/aromatic N) is 3. The standard InChI is InChI=1S/C30H37N3O5/c1-4-14-32(22-29(34)36-5-2)21-24-7-6-8-27(20-24)37-17-13-28-23(3)38-30(31-28)25-9-11-26(12-10-25)33-15-18-35-19-16-33/h4,6-12,20H,1,5,13-19,21-22H2,2-3H3. The van der Waals surface area contributed by atoms with Gasteiger partial charge in [0.25, 0.3) is 0 Å². The van der Waals surface area contributed by atoms with Crippen LogP contribution < -0.4 is 9.64 Å². The van der Waals surface area contributed by atoms with Gasteiger partial charge < -0.3 is 23.5 Å². The zero-order valence-corrected chi connectivity index (χ0v) is 22.4. The fourth-order valence-corrected chi connectivity index (χ4v) is 4.43. The molecule has 0 N–H and O–H groups in total. The van der Waals surface area contributed by atoms with Crippen LogP contribution in [-0.2, 0) is 27.2 Å². The van der Waals surface area contributed by atoms with Crippen LogP contribution in [0.1, 0.15) is 23.9 Å². The lowest BCUT2D eigenvalue weighted by molar-refractivity contribution is -0.144. The second kappa shape index (κ2) is 13.8. The topological polar surface area (TPSA) is 77.3 Å². The number of hydrogen-bond acceptors (Lipinski definition) is 8. The van der Waals surface area contributed by atoms with Crippen molar-refractivity contribution in [2.24, 2.45) is 0 Å². The van der Waals surface area contributed by atoms with Crippen molar-refractivity contribution in [1.29, 1.82) is 0 Å². The van der Waals surface area contributed by atoms with Crippen molar-refractivity contribution in [2.75, 3.05) is 57.5 Å². The van der Waals surface area contributed by atoms with Gasteiger partial charge in [0, 0.05) is 43.9 Å². The predicted molar refractivity (Wildman–Crippen MR) is 147 cm³/mol. The zero-order chi connectivity index (χ0) is 26.7. The van der Waals surface area contributed by atoms with E-state index >= 15 is 0 Å². The Labute approximate surface area is 224 Å². The molecule has 0 spiro atoms. The number of benzene rings is 2. The van der Waals surface area contributed by atoms with E-state index in [1.807, 2.05) is 43.0 Å². The summed E-state index contributed by atoms with van der Waals surface area (Å²) in [5.41, 5.74) is 4.08. The number of aryl methyl sites for hydroxylation is 1. The minimum atomic E-state index is -0.239. The van der Waals surface area contributed by atoms with Crippen LogP contribution in [0.25, 0.3) is 11.5 Å². The second-order valence-electron chi connectivity index (χ2n) is 9.18. The largest absolute Gasteiger partial charge is 0.493 e. The molecule has 0 radical (unpaired) electrons. The van der Waals surface area contributed by atoms with Gasteiger partial charge in [-0.15, -0.1) is 6.58 Å². The van der Waals surface area contributed by atoms with Gasteiger partial charge in [0.05, 0.1) is 38.7 Å². The van der Waals surface area contributed by atoms with E-state index in [1.165, 1.54) is 5.69 Å². The molecule has 1 saturated heterocycles. The third-order valence-electron chi connectivity index (χ3n) is 6.34. The Morgan fingerprint density at radius 3 is 2.71 bits per heavy atom. The molecule has 1 aliphatic rings. The van der Waals surface area contributed by atoms with Crippen molar-refractivity contribution in [2.45, 2.75) is 26.8 Å². The summed E-state index contributed by atoms with van der Waals surface area (Å²) < 4.78 is 22.5. The van der Waals surface area contributed by atoms with Gasteiger partial charge in [0.15, 0.2) is 0 Å². The third-order valence-corrected chi connectivity index (χ3v) is 6.34. The minimum absolute atomic E-state index is 0.217. The summed E-state index contributed by atoms with van der Waals surface area (Å²) in [7, 11) is 0. The van der Waals surface area contributed by atoms with Crippen molar-refractivity contribution in [3.63, 3.8) is 0 Å². The van der Waals surface area contributed by atoms with Crippen LogP contribution in [0.5, 0.6) is 5.75 Å². The van der Waals surface area contributed by atoms with Crippen LogP contribution in [-0.4, -0.2) is 68.5 Å². The first-order chi connectivity index (χ1) is 18.6. The van der Waals surface area contributed by atoms with Crippen LogP contribution in [0.2, 0.25) is 0 Å². The van der Waals surface area contributed by atoms with Gasteiger partial charge in [0.2, 0.25) is 5.89 Å². The van der Waals surface area contributed by atoms with E-state index in [9.17, 15) is 4.79 Å². The molecule has 2 heterocycles. The van der Waals surface area contributed by atoms with Crippen LogP contribution in [0.15, 0.2) is 65.6 Å². The molecule has 1 aromatic heterocycles. The summed E-state index contributed by atoms with van der Waals surface area (Å²) in [5.74, 6) is 1.96. The number of oxazole rings is 1. The molecule has 1 aliphatic heterocycles. The van der Waals surface area contributed by atoms with E-state index in [-0.39, 0.29) is 12.5 Å². The number of aromatic nitrogens is 1. The lowest BCUT2D eigenvalue weighted by Gasteiger charge is -2.28. The number of carbonyl (C=O) groups is 1. The highest BCUT2D eigenvalue weighted by atomic mass is 16.5. The highest BCUT2D eigenvalue weighted by Crippen LogP contribution is 2.25. The van der Waals surface area contributed by atoms with Gasteiger partial charge in [-0.25, -0.2) is 4.98 Å². The number of rotatable bonds is 13. The van der Waals surface area contributed by atoms with Crippen molar-refractivity contribution in [1.82, 2.24) is 9.88 Å². The highest BCUT2D eigenvalue weighted by Gasteiger charge is 2.15. The fraction of sp³-hybridized carbons (Fsp3) is 0.400. The van der Waals surface area contributed by atoms with Gasteiger partial charge in [-0.3, -0.25) is 9.69 Å². The maximum absolute atomic E-state index is 11.9. The summed E-state index contributed by atoms with van der Waals surface area (Å²) in [5, 5.41) is 0. The second-order valence-corrected chi connectivity index (χ2v) is 9.18. The Morgan fingerprint density at radius 1 is 1.18 bits per heavy atom. The minimum Gasteiger partial charge on any atom is -0.493 e. The molecule has 1 fully saturated rings. The quantitative estimate of drug-likeness (QED) is 0.238. The van der Waals surface area contributed by atoms with Crippen LogP contribution in [0.3, 0.4) is 0 Å².